The fraction of sp³-hybridized carbons (Fsp3) is 0.129. The number of nitrogens with one attached hydrogen (secondary N) is 1. The molecule has 1 unspecified atom stereocenters. The molecule has 0 radical (unpaired) electrons. The van der Waals surface area contributed by atoms with Gasteiger partial charge >= 0.3 is 0 Å². The summed E-state index contributed by atoms with van der Waals surface area (Å²) in [6.45, 7) is 0. The average molecular weight is 636 g/mol. The Morgan fingerprint density at radius 3 is 2.14 bits per heavy atom. The second kappa shape index (κ2) is 12.8. The molecule has 1 N–H and O–H groups in total. The van der Waals surface area contributed by atoms with Crippen LogP contribution in [-0.4, -0.2) is 46.8 Å². The molecule has 4 aromatic carbocycles. The number of methoxy groups -OCH3 is 2. The Kier molecular flexibility index (Phi) is 8.95. The molecule has 1 amide bonds. The monoisotopic (exact) mass is 635 g/mol. The number of hydrogen-bond acceptors (Lipinski definition) is 9. The molecule has 0 bridgehead atoms. The fourth-order valence-electron chi connectivity index (χ4n) is 4.24. The zero-order chi connectivity index (χ0) is 30.6. The highest BCUT2D eigenvalue weighted by atomic mass is 35.5. The van der Waals surface area contributed by atoms with Gasteiger partial charge in [-0.1, -0.05) is 35.1 Å². The Hall–Kier alpha value is -4.45. The number of thiazole rings is 1. The van der Waals surface area contributed by atoms with Crippen molar-refractivity contribution in [1.29, 1.82) is 0 Å². The molecular weight excluding hydrogens is 610 g/mol. The van der Waals surface area contributed by atoms with Gasteiger partial charge in [0, 0.05) is 36.0 Å². The van der Waals surface area contributed by atoms with Crippen molar-refractivity contribution >= 4 is 60.2 Å². The highest BCUT2D eigenvalue weighted by Gasteiger charge is 2.26. The summed E-state index contributed by atoms with van der Waals surface area (Å²) in [6.07, 6.45) is 0.569. The van der Waals surface area contributed by atoms with Gasteiger partial charge in [0.2, 0.25) is 15.9 Å². The molecule has 0 saturated heterocycles. The minimum atomic E-state index is -3.80. The van der Waals surface area contributed by atoms with Gasteiger partial charge in [0.1, 0.15) is 5.75 Å². The molecule has 0 saturated carbocycles. The zero-order valence-corrected chi connectivity index (χ0v) is 25.7. The summed E-state index contributed by atoms with van der Waals surface area (Å²) in [4.78, 5) is 22.4. The summed E-state index contributed by atoms with van der Waals surface area (Å²) in [5.74, 6) is 1.00. The summed E-state index contributed by atoms with van der Waals surface area (Å²) in [7, 11) is 0.953. The Balaban J connectivity index is 1.46. The normalized spacial score (nSPS) is 12.3. The number of halogens is 1. The van der Waals surface area contributed by atoms with Crippen LogP contribution >= 0.6 is 22.9 Å². The molecule has 1 aromatic heterocycles. The Bertz CT molecular complexity index is 1850. The third kappa shape index (κ3) is 6.64. The topological polar surface area (TPSA) is 116 Å². The van der Waals surface area contributed by atoms with Crippen LogP contribution in [0.5, 0.6) is 17.2 Å². The van der Waals surface area contributed by atoms with Gasteiger partial charge in [-0.05, 0) is 66.2 Å². The van der Waals surface area contributed by atoms with Crippen LogP contribution in [0.1, 0.15) is 17.2 Å². The first-order valence-corrected chi connectivity index (χ1v) is 15.5. The molecule has 5 rings (SSSR count). The average Bonchev–Trinajstić information content (AvgIpc) is 3.41. The first kappa shape index (κ1) is 30.0. The molecule has 43 heavy (non-hydrogen) atoms. The van der Waals surface area contributed by atoms with Crippen LogP contribution in [0.4, 0.5) is 5.13 Å². The lowest BCUT2D eigenvalue weighted by molar-refractivity contribution is -0.123. The lowest BCUT2D eigenvalue weighted by Gasteiger charge is -2.19. The SMILES string of the molecule is C/N=C/c1ccc(OC(C(=O)Nc2nc3cc(OC)c(OC)cc3s2)c2ccc(S(=O)(=O)c3ccc(Cl)cc3)cc2)cc1. The van der Waals surface area contributed by atoms with E-state index < -0.39 is 21.8 Å². The van der Waals surface area contributed by atoms with Gasteiger partial charge < -0.3 is 14.2 Å². The number of carbonyl (C=O) groups excluding carboxylic acids is 1. The van der Waals surface area contributed by atoms with E-state index in [2.05, 4.69) is 15.3 Å². The van der Waals surface area contributed by atoms with E-state index in [4.69, 9.17) is 25.8 Å². The first-order chi connectivity index (χ1) is 20.7. The van der Waals surface area contributed by atoms with Gasteiger partial charge in [0.05, 0.1) is 34.2 Å². The van der Waals surface area contributed by atoms with E-state index in [0.717, 1.165) is 10.3 Å². The number of fused-ring (bicyclic) bond motifs is 1. The lowest BCUT2D eigenvalue weighted by Crippen LogP contribution is -2.25. The Labute approximate surface area is 257 Å². The minimum absolute atomic E-state index is 0.0648. The number of carbonyl (C=O) groups is 1. The van der Waals surface area contributed by atoms with E-state index in [0.29, 0.717) is 38.5 Å². The molecule has 1 atom stereocenters. The smallest absolute Gasteiger partial charge is 0.271 e. The van der Waals surface area contributed by atoms with Gasteiger partial charge in [-0.25, -0.2) is 13.4 Å². The summed E-state index contributed by atoms with van der Waals surface area (Å²) in [5, 5.41) is 3.62. The molecule has 1 heterocycles. The van der Waals surface area contributed by atoms with Crippen LogP contribution in [0, 0.1) is 0 Å². The van der Waals surface area contributed by atoms with Crippen LogP contribution in [-0.2, 0) is 14.6 Å². The third-order valence-corrected chi connectivity index (χ3v) is 9.36. The molecule has 0 aliphatic rings. The van der Waals surface area contributed by atoms with E-state index in [-0.39, 0.29) is 9.79 Å². The minimum Gasteiger partial charge on any atom is -0.493 e. The van der Waals surface area contributed by atoms with E-state index in [1.165, 1.54) is 54.8 Å². The van der Waals surface area contributed by atoms with Crippen molar-refractivity contribution in [3.8, 4) is 17.2 Å². The van der Waals surface area contributed by atoms with Gasteiger partial charge in [-0.2, -0.15) is 0 Å². The molecule has 220 valence electrons. The molecule has 5 aromatic rings. The van der Waals surface area contributed by atoms with Crippen LogP contribution in [0.3, 0.4) is 0 Å². The predicted octanol–water partition coefficient (Wildman–Crippen LogP) is 6.61. The number of sulfone groups is 1. The largest absolute Gasteiger partial charge is 0.493 e. The number of rotatable bonds is 10. The molecule has 0 aliphatic carbocycles. The predicted molar refractivity (Wildman–Crippen MR) is 168 cm³/mol. The summed E-state index contributed by atoms with van der Waals surface area (Å²) in [6, 6.07) is 22.5. The molecule has 0 fully saturated rings. The number of ether oxygens (including phenoxy) is 3. The number of nitrogens with zero attached hydrogens (tertiary/aromatic N) is 2. The van der Waals surface area contributed by atoms with E-state index in [1.54, 1.807) is 56.8 Å². The molecule has 0 spiro atoms. The van der Waals surface area contributed by atoms with E-state index in [9.17, 15) is 13.2 Å². The Morgan fingerprint density at radius 1 is 0.930 bits per heavy atom. The second-order valence-corrected chi connectivity index (χ2v) is 12.6. The third-order valence-electron chi connectivity index (χ3n) is 6.39. The van der Waals surface area contributed by atoms with Crippen LogP contribution in [0.15, 0.2) is 99.7 Å². The Morgan fingerprint density at radius 2 is 1.53 bits per heavy atom. The molecule has 9 nitrogen and oxygen atoms in total. The van der Waals surface area contributed by atoms with Gasteiger partial charge in [-0.3, -0.25) is 15.1 Å². The molecule has 12 heteroatoms. The summed E-state index contributed by atoms with van der Waals surface area (Å²) < 4.78 is 44.0. The zero-order valence-electron chi connectivity index (χ0n) is 23.3. The lowest BCUT2D eigenvalue weighted by atomic mass is 10.1. The number of amides is 1. The van der Waals surface area contributed by atoms with Crippen molar-refractivity contribution in [2.45, 2.75) is 15.9 Å². The van der Waals surface area contributed by atoms with Gasteiger partial charge in [-0.15, -0.1) is 0 Å². The quantitative estimate of drug-likeness (QED) is 0.172. The number of hydrogen-bond donors (Lipinski definition) is 1. The number of benzene rings is 4. The fourth-order valence-corrected chi connectivity index (χ4v) is 6.51. The van der Waals surface area contributed by atoms with Crippen molar-refractivity contribution in [2.24, 2.45) is 4.99 Å². The summed E-state index contributed by atoms with van der Waals surface area (Å²) in [5.41, 5.74) is 1.93. The van der Waals surface area contributed by atoms with Crippen LogP contribution in [0.25, 0.3) is 10.2 Å². The second-order valence-electron chi connectivity index (χ2n) is 9.16. The number of aromatic nitrogens is 1. The highest BCUT2D eigenvalue weighted by molar-refractivity contribution is 7.91. The van der Waals surface area contributed by atoms with Gasteiger partial charge in [0.15, 0.2) is 16.6 Å². The van der Waals surface area contributed by atoms with Crippen molar-refractivity contribution in [2.75, 3.05) is 26.6 Å². The van der Waals surface area contributed by atoms with Crippen molar-refractivity contribution in [3.63, 3.8) is 0 Å². The van der Waals surface area contributed by atoms with E-state index in [1.807, 2.05) is 12.1 Å². The van der Waals surface area contributed by atoms with Crippen molar-refractivity contribution in [1.82, 2.24) is 4.98 Å². The van der Waals surface area contributed by atoms with Crippen LogP contribution in [0.2, 0.25) is 5.02 Å². The number of anilines is 1. The standard InChI is InChI=1S/C31H26ClN3O6S2/c1-33-18-19-4-10-22(11-5-19)41-29(20-6-12-23(13-7-20)43(37,38)24-14-8-21(32)9-15-24)30(36)35-31-34-25-16-26(39-2)27(40-3)17-28(25)42-31/h4-18,29H,1-3H3,(H,34,35,36)/b33-18+. The molecular formula is C31H26ClN3O6S2. The number of aliphatic imine (C=N–C) groups is 1. The maximum absolute atomic E-state index is 13.7. The highest BCUT2D eigenvalue weighted by Crippen LogP contribution is 2.37. The van der Waals surface area contributed by atoms with Crippen molar-refractivity contribution in [3.05, 3.63) is 101 Å². The van der Waals surface area contributed by atoms with E-state index >= 15 is 0 Å². The van der Waals surface area contributed by atoms with Crippen molar-refractivity contribution < 1.29 is 27.4 Å². The first-order valence-electron chi connectivity index (χ1n) is 12.8. The maximum atomic E-state index is 13.7. The maximum Gasteiger partial charge on any atom is 0.271 e. The molecule has 0 aliphatic heterocycles. The summed E-state index contributed by atoms with van der Waals surface area (Å²) >= 11 is 7.19. The van der Waals surface area contributed by atoms with Crippen LogP contribution < -0.4 is 19.5 Å². The van der Waals surface area contributed by atoms with Gasteiger partial charge in [0.25, 0.3) is 5.91 Å².